The number of non-ortho nitro benzene ring substituents is 1. The minimum Gasteiger partial charge on any atom is -0.506 e. The Hall–Kier alpha value is -3.60. The van der Waals surface area contributed by atoms with Gasteiger partial charge in [-0.3, -0.25) is 25.0 Å². The lowest BCUT2D eigenvalue weighted by atomic mass is 10.1. The van der Waals surface area contributed by atoms with Crippen molar-refractivity contribution in [3.05, 3.63) is 77.0 Å². The molecule has 0 radical (unpaired) electrons. The second-order valence-electron chi connectivity index (χ2n) is 6.11. The largest absolute Gasteiger partial charge is 0.506 e. The van der Waals surface area contributed by atoms with Gasteiger partial charge in [0.15, 0.2) is 5.69 Å². The van der Waals surface area contributed by atoms with Gasteiger partial charge in [-0.1, -0.05) is 12.1 Å². The zero-order valence-electron chi connectivity index (χ0n) is 15.1. The molecule has 0 spiro atoms. The third-order valence-electron chi connectivity index (χ3n) is 4.35. The van der Waals surface area contributed by atoms with E-state index in [1.807, 2.05) is 0 Å². The van der Waals surface area contributed by atoms with Crippen LogP contribution in [0.1, 0.15) is 12.5 Å². The number of halogens is 1. The van der Waals surface area contributed by atoms with Crippen molar-refractivity contribution in [1.29, 1.82) is 0 Å². The number of benzene rings is 2. The van der Waals surface area contributed by atoms with Gasteiger partial charge < -0.3 is 9.67 Å². The third kappa shape index (κ3) is 3.47. The summed E-state index contributed by atoms with van der Waals surface area (Å²) in [5, 5.41) is 33.4. The highest BCUT2D eigenvalue weighted by molar-refractivity contribution is 9.10. The van der Waals surface area contributed by atoms with Gasteiger partial charge in [0, 0.05) is 18.5 Å². The molecular weight excluding hydrogens is 448 g/mol. The van der Waals surface area contributed by atoms with Gasteiger partial charge in [-0.15, -0.1) is 0 Å². The minimum atomic E-state index is -0.803. The molecule has 11 heteroatoms. The zero-order chi connectivity index (χ0) is 21.5. The van der Waals surface area contributed by atoms with Gasteiger partial charge >= 0.3 is 5.69 Å². The monoisotopic (exact) mass is 460 g/mol. The van der Waals surface area contributed by atoms with E-state index >= 15 is 0 Å². The van der Waals surface area contributed by atoms with E-state index in [0.29, 0.717) is 10.9 Å². The van der Waals surface area contributed by atoms with Crippen LogP contribution in [0.4, 0.5) is 17.1 Å². The average molecular weight is 461 g/mol. The minimum absolute atomic E-state index is 0.00912. The smallest absolute Gasteiger partial charge is 0.302 e. The summed E-state index contributed by atoms with van der Waals surface area (Å²) in [7, 11) is 1.53. The summed E-state index contributed by atoms with van der Waals surface area (Å²) in [5.41, 5.74) is -1.42. The Labute approximate surface area is 171 Å². The fourth-order valence-electron chi connectivity index (χ4n) is 2.96. The van der Waals surface area contributed by atoms with Crippen LogP contribution in [0.3, 0.4) is 0 Å². The van der Waals surface area contributed by atoms with Crippen LogP contribution in [0, 0.1) is 20.2 Å². The summed E-state index contributed by atoms with van der Waals surface area (Å²) in [6.45, 7) is 1.42. The first-order valence-corrected chi connectivity index (χ1v) is 8.91. The number of nitro benzene ring substituents is 2. The number of nitro groups is 2. The number of aryl methyl sites for hydroxylation is 1. The number of pyridine rings is 1. The molecule has 0 amide bonds. The SMILES string of the molecule is CC(=Nc1c(Br)cc([N+](=O)[O-])cc1[N+](=O)[O-])c1c(O)c2ccccc2n(C)c1=O. The number of hydrogen-bond acceptors (Lipinski definition) is 7. The van der Waals surface area contributed by atoms with Crippen molar-refractivity contribution in [2.45, 2.75) is 6.92 Å². The second-order valence-corrected chi connectivity index (χ2v) is 6.97. The molecule has 148 valence electrons. The molecule has 0 unspecified atom stereocenters. The molecule has 0 fully saturated rings. The number of hydrogen-bond donors (Lipinski definition) is 1. The molecule has 1 heterocycles. The van der Waals surface area contributed by atoms with E-state index in [0.717, 1.165) is 12.1 Å². The molecule has 0 saturated heterocycles. The van der Waals surface area contributed by atoms with Crippen molar-refractivity contribution in [2.24, 2.45) is 12.0 Å². The van der Waals surface area contributed by atoms with Crippen LogP contribution in [-0.4, -0.2) is 25.2 Å². The molecule has 0 atom stereocenters. The van der Waals surface area contributed by atoms with Gasteiger partial charge in [-0.2, -0.15) is 0 Å². The molecule has 3 aromatic rings. The van der Waals surface area contributed by atoms with Gasteiger partial charge in [-0.05, 0) is 35.0 Å². The van der Waals surface area contributed by atoms with Crippen LogP contribution < -0.4 is 5.56 Å². The first-order chi connectivity index (χ1) is 13.6. The Morgan fingerprint density at radius 3 is 2.45 bits per heavy atom. The summed E-state index contributed by atoms with van der Waals surface area (Å²) in [6.07, 6.45) is 0. The highest BCUT2D eigenvalue weighted by Gasteiger charge is 2.24. The van der Waals surface area contributed by atoms with E-state index in [1.165, 1.54) is 18.5 Å². The van der Waals surface area contributed by atoms with Crippen molar-refractivity contribution in [3.8, 4) is 5.75 Å². The fourth-order valence-corrected chi connectivity index (χ4v) is 3.48. The Balaban J connectivity index is 2.30. The number of aliphatic imine (C=N–C) groups is 1. The maximum Gasteiger partial charge on any atom is 0.302 e. The first kappa shape index (κ1) is 20.1. The Bertz CT molecular complexity index is 1280. The maximum absolute atomic E-state index is 12.8. The molecule has 1 N–H and O–H groups in total. The number of fused-ring (bicyclic) bond motifs is 1. The molecule has 10 nitrogen and oxygen atoms in total. The first-order valence-electron chi connectivity index (χ1n) is 8.12. The molecule has 0 aliphatic rings. The lowest BCUT2D eigenvalue weighted by molar-refractivity contribution is -0.393. The standard InChI is InChI=1S/C18H13BrN4O6/c1-9(15-17(24)11-5-3-4-6-13(11)21(2)18(15)25)20-16-12(19)7-10(22(26)27)8-14(16)23(28)29/h3-8,24H,1-2H3. The number of rotatable bonds is 4. The lowest BCUT2D eigenvalue weighted by Gasteiger charge is -2.12. The van der Waals surface area contributed by atoms with Crippen molar-refractivity contribution in [1.82, 2.24) is 4.57 Å². The average Bonchev–Trinajstić information content (AvgIpc) is 2.67. The molecule has 2 aromatic carbocycles. The van der Waals surface area contributed by atoms with E-state index in [-0.39, 0.29) is 27.2 Å². The van der Waals surface area contributed by atoms with Crippen LogP contribution in [-0.2, 0) is 7.05 Å². The summed E-state index contributed by atoms with van der Waals surface area (Å²) in [4.78, 5) is 37.7. The van der Waals surface area contributed by atoms with Crippen LogP contribution in [0.15, 0.2) is 50.7 Å². The molecule has 0 saturated carbocycles. The van der Waals surface area contributed by atoms with Gasteiger partial charge in [0.25, 0.3) is 11.2 Å². The van der Waals surface area contributed by atoms with Gasteiger partial charge in [-0.25, -0.2) is 4.99 Å². The lowest BCUT2D eigenvalue weighted by Crippen LogP contribution is -2.24. The molecule has 3 rings (SSSR count). The van der Waals surface area contributed by atoms with Gasteiger partial charge in [0.05, 0.1) is 31.6 Å². The van der Waals surface area contributed by atoms with Crippen LogP contribution in [0.2, 0.25) is 0 Å². The molecule has 0 bridgehead atoms. The highest BCUT2D eigenvalue weighted by atomic mass is 79.9. The summed E-state index contributed by atoms with van der Waals surface area (Å²) >= 11 is 3.07. The molecule has 29 heavy (non-hydrogen) atoms. The van der Waals surface area contributed by atoms with Crippen LogP contribution in [0.25, 0.3) is 10.9 Å². The third-order valence-corrected chi connectivity index (χ3v) is 4.96. The Kier molecular flexibility index (Phi) is 5.16. The number of aromatic hydroxyl groups is 1. The molecule has 0 aliphatic heterocycles. The maximum atomic E-state index is 12.8. The molecule has 1 aromatic heterocycles. The normalized spacial score (nSPS) is 11.6. The van der Waals surface area contributed by atoms with Crippen LogP contribution in [0.5, 0.6) is 5.75 Å². The predicted molar refractivity (Wildman–Crippen MR) is 110 cm³/mol. The van der Waals surface area contributed by atoms with E-state index in [9.17, 15) is 30.1 Å². The number of nitrogens with zero attached hydrogens (tertiary/aromatic N) is 4. The zero-order valence-corrected chi connectivity index (χ0v) is 16.7. The quantitative estimate of drug-likeness (QED) is 0.354. The number of para-hydroxylation sites is 1. The fraction of sp³-hybridized carbons (Fsp3) is 0.111. The van der Waals surface area contributed by atoms with Crippen molar-refractivity contribution >= 4 is 49.6 Å². The van der Waals surface area contributed by atoms with E-state index in [2.05, 4.69) is 20.9 Å². The molecule has 0 aliphatic carbocycles. The van der Waals surface area contributed by atoms with Crippen molar-refractivity contribution in [3.63, 3.8) is 0 Å². The topological polar surface area (TPSA) is 141 Å². The summed E-state index contributed by atoms with van der Waals surface area (Å²) in [6, 6.07) is 8.59. The number of aromatic nitrogens is 1. The Morgan fingerprint density at radius 1 is 1.17 bits per heavy atom. The second kappa shape index (κ2) is 7.43. The highest BCUT2D eigenvalue weighted by Crippen LogP contribution is 2.39. The van der Waals surface area contributed by atoms with Crippen molar-refractivity contribution in [2.75, 3.05) is 0 Å². The predicted octanol–water partition coefficient (Wildman–Crippen LogP) is 3.96. The Morgan fingerprint density at radius 2 is 1.83 bits per heavy atom. The molecular formula is C18H13BrN4O6. The van der Waals surface area contributed by atoms with Gasteiger partial charge in [0.2, 0.25) is 0 Å². The van der Waals surface area contributed by atoms with Crippen molar-refractivity contribution < 1.29 is 15.0 Å². The summed E-state index contributed by atoms with van der Waals surface area (Å²) in [5.74, 6) is -0.300. The van der Waals surface area contributed by atoms with Gasteiger partial charge in [0.1, 0.15) is 11.3 Å². The van der Waals surface area contributed by atoms with Crippen LogP contribution >= 0.6 is 15.9 Å². The summed E-state index contributed by atoms with van der Waals surface area (Å²) < 4.78 is 1.35. The van der Waals surface area contributed by atoms with E-state index in [1.54, 1.807) is 24.3 Å². The van der Waals surface area contributed by atoms with E-state index in [4.69, 9.17) is 0 Å². The van der Waals surface area contributed by atoms with E-state index < -0.39 is 26.8 Å².